The normalized spacial score (nSPS) is 25.7. The molecule has 0 bridgehead atoms. The van der Waals surface area contributed by atoms with Crippen LogP contribution < -0.4 is 4.74 Å². The fraction of sp³-hybridized carbons (Fsp3) is 0.500. The summed E-state index contributed by atoms with van der Waals surface area (Å²) in [5.41, 5.74) is 2.33. The summed E-state index contributed by atoms with van der Waals surface area (Å²) < 4.78 is 7.49. The molecule has 1 aromatic heterocycles. The molecule has 25 heavy (non-hydrogen) atoms. The summed E-state index contributed by atoms with van der Waals surface area (Å²) in [7, 11) is 1.69. The van der Waals surface area contributed by atoms with Crippen molar-refractivity contribution in [2.75, 3.05) is 20.2 Å². The first kappa shape index (κ1) is 16.2. The van der Waals surface area contributed by atoms with Crippen LogP contribution in [0.2, 0.25) is 0 Å². The highest BCUT2D eigenvalue weighted by Gasteiger charge is 2.47. The summed E-state index contributed by atoms with van der Waals surface area (Å²) in [6, 6.07) is 8.36. The number of carbonyl (C=O) groups is 1. The van der Waals surface area contributed by atoms with Crippen LogP contribution in [0, 0.1) is 12.8 Å². The van der Waals surface area contributed by atoms with Crippen molar-refractivity contribution in [3.8, 4) is 5.75 Å². The molecule has 0 spiro atoms. The van der Waals surface area contributed by atoms with Crippen LogP contribution in [0.3, 0.4) is 0 Å². The van der Waals surface area contributed by atoms with Crippen LogP contribution in [0.25, 0.3) is 0 Å². The summed E-state index contributed by atoms with van der Waals surface area (Å²) in [5, 5.41) is 4.44. The van der Waals surface area contributed by atoms with Crippen molar-refractivity contribution in [3.05, 3.63) is 47.8 Å². The van der Waals surface area contributed by atoms with E-state index in [4.69, 9.17) is 4.74 Å². The number of nitrogens with zero attached hydrogens (tertiary/aromatic N) is 3. The number of likely N-dealkylation sites (tertiary alicyclic amines) is 1. The molecule has 2 heterocycles. The predicted molar refractivity (Wildman–Crippen MR) is 95.7 cm³/mol. The van der Waals surface area contributed by atoms with E-state index in [9.17, 15) is 4.79 Å². The number of methoxy groups -OCH3 is 1. The quantitative estimate of drug-likeness (QED) is 0.859. The van der Waals surface area contributed by atoms with Crippen molar-refractivity contribution in [3.63, 3.8) is 0 Å². The van der Waals surface area contributed by atoms with Crippen molar-refractivity contribution >= 4 is 5.91 Å². The Morgan fingerprint density at radius 3 is 2.92 bits per heavy atom. The zero-order valence-corrected chi connectivity index (χ0v) is 14.9. The summed E-state index contributed by atoms with van der Waals surface area (Å²) in [6.07, 6.45) is 7.03. The standard InChI is InChI=1S/C20H25N3O2/c1-14-11-21-23(12-14)15-6-5-9-22(13-15)20(24)18-10-17(18)16-7-3-4-8-19(16)25-2/h3-4,7-8,11-12,15,17-18H,5-6,9-10,13H2,1-2H3/t15-,17+,18+/m1/s1. The maximum absolute atomic E-state index is 13.0. The molecule has 5 heteroatoms. The highest BCUT2D eigenvalue weighted by atomic mass is 16.5. The minimum atomic E-state index is 0.106. The topological polar surface area (TPSA) is 47.4 Å². The molecule has 2 aliphatic rings. The second-order valence-corrected chi connectivity index (χ2v) is 7.27. The van der Waals surface area contributed by atoms with Gasteiger partial charge in [-0.1, -0.05) is 18.2 Å². The third-order valence-electron chi connectivity index (χ3n) is 5.46. The van der Waals surface area contributed by atoms with Crippen molar-refractivity contribution < 1.29 is 9.53 Å². The summed E-state index contributed by atoms with van der Waals surface area (Å²) >= 11 is 0. The largest absolute Gasteiger partial charge is 0.496 e. The molecule has 1 aromatic carbocycles. The molecule has 1 saturated heterocycles. The molecule has 2 fully saturated rings. The van der Waals surface area contributed by atoms with Gasteiger partial charge in [0, 0.05) is 25.2 Å². The van der Waals surface area contributed by atoms with Gasteiger partial charge in [0.2, 0.25) is 5.91 Å². The zero-order chi connectivity index (χ0) is 17.4. The second-order valence-electron chi connectivity index (χ2n) is 7.27. The highest BCUT2D eigenvalue weighted by molar-refractivity contribution is 5.83. The number of hydrogen-bond acceptors (Lipinski definition) is 3. The molecule has 2 aromatic rings. The van der Waals surface area contributed by atoms with E-state index in [-0.39, 0.29) is 5.92 Å². The predicted octanol–water partition coefficient (Wildman–Crippen LogP) is 3.17. The Kier molecular flexibility index (Phi) is 4.24. The zero-order valence-electron chi connectivity index (χ0n) is 14.9. The van der Waals surface area contributed by atoms with Gasteiger partial charge in [0.1, 0.15) is 5.75 Å². The van der Waals surface area contributed by atoms with Gasteiger partial charge in [-0.05, 0) is 49.3 Å². The number of ether oxygens (including phenoxy) is 1. The van der Waals surface area contributed by atoms with Gasteiger partial charge in [-0.3, -0.25) is 9.48 Å². The molecule has 132 valence electrons. The van der Waals surface area contributed by atoms with Crippen LogP contribution in [-0.2, 0) is 4.79 Å². The van der Waals surface area contributed by atoms with E-state index in [1.54, 1.807) is 7.11 Å². The van der Waals surface area contributed by atoms with E-state index in [0.717, 1.165) is 38.1 Å². The first-order chi connectivity index (χ1) is 12.2. The van der Waals surface area contributed by atoms with E-state index in [1.807, 2.05) is 34.0 Å². The number of carbonyl (C=O) groups excluding carboxylic acids is 1. The maximum Gasteiger partial charge on any atom is 0.226 e. The first-order valence-electron chi connectivity index (χ1n) is 9.10. The average Bonchev–Trinajstić information content (AvgIpc) is 3.34. The van der Waals surface area contributed by atoms with E-state index in [1.165, 1.54) is 11.1 Å². The first-order valence-corrected chi connectivity index (χ1v) is 9.10. The van der Waals surface area contributed by atoms with Gasteiger partial charge in [0.15, 0.2) is 0 Å². The van der Waals surface area contributed by atoms with Gasteiger partial charge >= 0.3 is 0 Å². The Morgan fingerprint density at radius 2 is 2.16 bits per heavy atom. The van der Waals surface area contributed by atoms with E-state index >= 15 is 0 Å². The van der Waals surface area contributed by atoms with Gasteiger partial charge in [0.25, 0.3) is 0 Å². The average molecular weight is 339 g/mol. The van der Waals surface area contributed by atoms with Crippen LogP contribution in [0.4, 0.5) is 0 Å². The maximum atomic E-state index is 13.0. The van der Waals surface area contributed by atoms with Crippen LogP contribution in [-0.4, -0.2) is 40.8 Å². The summed E-state index contributed by atoms with van der Waals surface area (Å²) in [5.74, 6) is 1.60. The number of rotatable bonds is 4. The number of benzene rings is 1. The van der Waals surface area contributed by atoms with E-state index < -0.39 is 0 Å². The molecule has 5 nitrogen and oxygen atoms in total. The van der Waals surface area contributed by atoms with Crippen LogP contribution in [0.1, 0.15) is 42.3 Å². The lowest BCUT2D eigenvalue weighted by molar-refractivity contribution is -0.134. The Bertz CT molecular complexity index is 770. The Balaban J connectivity index is 1.43. The Hall–Kier alpha value is -2.30. The second kappa shape index (κ2) is 6.54. The molecular formula is C20H25N3O2. The van der Waals surface area contributed by atoms with Crippen LogP contribution >= 0.6 is 0 Å². The van der Waals surface area contributed by atoms with Crippen molar-refractivity contribution in [2.24, 2.45) is 5.92 Å². The third kappa shape index (κ3) is 3.15. The third-order valence-corrected chi connectivity index (χ3v) is 5.46. The van der Waals surface area contributed by atoms with Crippen molar-refractivity contribution in [1.82, 2.24) is 14.7 Å². The minimum absolute atomic E-state index is 0.106. The molecule has 1 amide bonds. The monoisotopic (exact) mass is 339 g/mol. The molecule has 1 aliphatic heterocycles. The molecule has 4 rings (SSSR count). The van der Waals surface area contributed by atoms with E-state index in [2.05, 4.69) is 24.3 Å². The molecule has 0 radical (unpaired) electrons. The molecule has 1 aliphatic carbocycles. The molecule has 3 atom stereocenters. The fourth-order valence-corrected chi connectivity index (χ4v) is 4.02. The number of para-hydroxylation sites is 1. The molecule has 1 saturated carbocycles. The van der Waals surface area contributed by atoms with E-state index in [0.29, 0.717) is 17.9 Å². The smallest absolute Gasteiger partial charge is 0.226 e. The number of aryl methyl sites for hydroxylation is 1. The van der Waals surface area contributed by atoms with Crippen molar-refractivity contribution in [2.45, 2.75) is 38.1 Å². The van der Waals surface area contributed by atoms with Gasteiger partial charge < -0.3 is 9.64 Å². The number of hydrogen-bond donors (Lipinski definition) is 0. The van der Waals surface area contributed by atoms with Crippen molar-refractivity contribution in [1.29, 1.82) is 0 Å². The Morgan fingerprint density at radius 1 is 1.32 bits per heavy atom. The van der Waals surface area contributed by atoms with Gasteiger partial charge in [-0.25, -0.2) is 0 Å². The molecule has 0 N–H and O–H groups in total. The Labute approximate surface area is 148 Å². The summed E-state index contributed by atoms with van der Waals surface area (Å²) in [6.45, 7) is 3.69. The molecular weight excluding hydrogens is 314 g/mol. The lowest BCUT2D eigenvalue weighted by atomic mass is 10.0. The summed E-state index contributed by atoms with van der Waals surface area (Å²) in [4.78, 5) is 15.0. The SMILES string of the molecule is COc1ccccc1[C@@H]1C[C@@H]1C(=O)N1CCC[C@@H](n2cc(C)cn2)C1. The number of piperidine rings is 1. The van der Waals surface area contributed by atoms with Crippen LogP contribution in [0.15, 0.2) is 36.7 Å². The number of aromatic nitrogens is 2. The van der Waals surface area contributed by atoms with Gasteiger partial charge in [-0.15, -0.1) is 0 Å². The van der Waals surface area contributed by atoms with Crippen LogP contribution in [0.5, 0.6) is 5.75 Å². The minimum Gasteiger partial charge on any atom is -0.496 e. The highest BCUT2D eigenvalue weighted by Crippen LogP contribution is 2.51. The van der Waals surface area contributed by atoms with Gasteiger partial charge in [0.05, 0.1) is 19.3 Å². The lowest BCUT2D eigenvalue weighted by Crippen LogP contribution is -2.41. The molecule has 0 unspecified atom stereocenters. The van der Waals surface area contributed by atoms with Gasteiger partial charge in [-0.2, -0.15) is 5.10 Å². The lowest BCUT2D eigenvalue weighted by Gasteiger charge is -2.33. The fourth-order valence-electron chi connectivity index (χ4n) is 4.02. The number of amides is 1.